The van der Waals surface area contributed by atoms with Crippen LogP contribution >= 0.6 is 11.6 Å². The lowest BCUT2D eigenvalue weighted by Crippen LogP contribution is -2.29. The number of hydrogen-bond acceptors (Lipinski definition) is 3. The Labute approximate surface area is 100 Å². The summed E-state index contributed by atoms with van der Waals surface area (Å²) in [6.45, 7) is 3.88. The number of anilines is 1. The van der Waals surface area contributed by atoms with Crippen molar-refractivity contribution in [1.29, 1.82) is 0 Å². The SMILES string of the molecule is CC1=CCN(c2ccc(Cl)c(CO)n2)CC1. The average molecular weight is 239 g/mol. The third kappa shape index (κ3) is 2.36. The number of hydrogen-bond donors (Lipinski definition) is 1. The van der Waals surface area contributed by atoms with E-state index in [1.807, 2.05) is 6.07 Å². The molecule has 1 aromatic rings. The molecule has 3 nitrogen and oxygen atoms in total. The van der Waals surface area contributed by atoms with Crippen molar-refractivity contribution in [3.05, 3.63) is 34.5 Å². The highest BCUT2D eigenvalue weighted by Crippen LogP contribution is 2.21. The van der Waals surface area contributed by atoms with Crippen molar-refractivity contribution >= 4 is 17.4 Å². The van der Waals surface area contributed by atoms with Gasteiger partial charge < -0.3 is 10.0 Å². The first kappa shape index (κ1) is 11.4. The number of rotatable bonds is 2. The molecule has 86 valence electrons. The molecule has 2 rings (SSSR count). The molecular formula is C12H15ClN2O. The van der Waals surface area contributed by atoms with Crippen LogP contribution in [0.25, 0.3) is 0 Å². The van der Waals surface area contributed by atoms with Crippen LogP contribution in [0.2, 0.25) is 5.02 Å². The van der Waals surface area contributed by atoms with Gasteiger partial charge in [-0.2, -0.15) is 0 Å². The Kier molecular flexibility index (Phi) is 3.46. The predicted octanol–water partition coefficient (Wildman–Crippen LogP) is 2.38. The first-order valence-corrected chi connectivity index (χ1v) is 5.75. The molecule has 0 unspecified atom stereocenters. The van der Waals surface area contributed by atoms with Crippen LogP contribution < -0.4 is 4.90 Å². The lowest BCUT2D eigenvalue weighted by Gasteiger charge is -2.26. The predicted molar refractivity (Wildman–Crippen MR) is 65.8 cm³/mol. The van der Waals surface area contributed by atoms with E-state index in [1.165, 1.54) is 5.57 Å². The molecule has 1 aliphatic rings. The fourth-order valence-corrected chi connectivity index (χ4v) is 1.90. The summed E-state index contributed by atoms with van der Waals surface area (Å²) < 4.78 is 0. The fourth-order valence-electron chi connectivity index (χ4n) is 1.74. The van der Waals surface area contributed by atoms with Gasteiger partial charge in [-0.3, -0.25) is 0 Å². The van der Waals surface area contributed by atoms with Gasteiger partial charge in [0, 0.05) is 13.1 Å². The summed E-state index contributed by atoms with van der Waals surface area (Å²) in [5.74, 6) is 0.886. The normalized spacial score (nSPS) is 16.2. The van der Waals surface area contributed by atoms with Crippen molar-refractivity contribution in [2.45, 2.75) is 20.0 Å². The van der Waals surface area contributed by atoms with Crippen LogP contribution in [-0.2, 0) is 6.61 Å². The van der Waals surface area contributed by atoms with Crippen molar-refractivity contribution < 1.29 is 5.11 Å². The molecule has 0 saturated carbocycles. The smallest absolute Gasteiger partial charge is 0.129 e. The third-order valence-corrected chi connectivity index (χ3v) is 3.16. The van der Waals surface area contributed by atoms with Crippen molar-refractivity contribution in [1.82, 2.24) is 4.98 Å². The van der Waals surface area contributed by atoms with Crippen molar-refractivity contribution in [3.8, 4) is 0 Å². The van der Waals surface area contributed by atoms with E-state index < -0.39 is 0 Å². The van der Waals surface area contributed by atoms with Gasteiger partial charge in [0.15, 0.2) is 0 Å². The maximum atomic E-state index is 9.11. The average Bonchev–Trinajstić information content (AvgIpc) is 2.31. The van der Waals surface area contributed by atoms with E-state index in [0.717, 1.165) is 25.3 Å². The molecule has 0 fully saturated rings. The summed E-state index contributed by atoms with van der Waals surface area (Å²) in [4.78, 5) is 6.54. The number of aliphatic hydroxyl groups excluding tert-OH is 1. The highest BCUT2D eigenvalue weighted by molar-refractivity contribution is 6.31. The van der Waals surface area contributed by atoms with E-state index in [1.54, 1.807) is 6.07 Å². The van der Waals surface area contributed by atoms with Gasteiger partial charge in [0.05, 0.1) is 17.3 Å². The second-order valence-electron chi connectivity index (χ2n) is 4.00. The monoisotopic (exact) mass is 238 g/mol. The molecule has 0 spiro atoms. The summed E-state index contributed by atoms with van der Waals surface area (Å²) in [5.41, 5.74) is 1.97. The highest BCUT2D eigenvalue weighted by Gasteiger charge is 2.12. The van der Waals surface area contributed by atoms with Gasteiger partial charge in [0.1, 0.15) is 5.82 Å². The van der Waals surface area contributed by atoms with Gasteiger partial charge in [-0.05, 0) is 25.5 Å². The minimum Gasteiger partial charge on any atom is -0.390 e. The number of halogens is 1. The van der Waals surface area contributed by atoms with Crippen LogP contribution in [-0.4, -0.2) is 23.2 Å². The molecule has 0 saturated heterocycles. The lowest BCUT2D eigenvalue weighted by atomic mass is 10.1. The largest absolute Gasteiger partial charge is 0.390 e. The summed E-state index contributed by atoms with van der Waals surface area (Å²) in [7, 11) is 0. The Morgan fingerprint density at radius 3 is 2.94 bits per heavy atom. The molecule has 1 aliphatic heterocycles. The van der Waals surface area contributed by atoms with Crippen LogP contribution in [0, 0.1) is 0 Å². The van der Waals surface area contributed by atoms with Gasteiger partial charge in [-0.1, -0.05) is 23.3 Å². The molecule has 0 radical (unpaired) electrons. The molecule has 0 atom stereocenters. The van der Waals surface area contributed by atoms with E-state index in [9.17, 15) is 0 Å². The minimum atomic E-state index is -0.116. The zero-order chi connectivity index (χ0) is 11.5. The van der Waals surface area contributed by atoms with Gasteiger partial charge in [0.25, 0.3) is 0 Å². The number of pyridine rings is 1. The second-order valence-corrected chi connectivity index (χ2v) is 4.41. The highest BCUT2D eigenvalue weighted by atomic mass is 35.5. The van der Waals surface area contributed by atoms with Crippen LogP contribution in [0.4, 0.5) is 5.82 Å². The lowest BCUT2D eigenvalue weighted by molar-refractivity contribution is 0.277. The number of aliphatic hydroxyl groups is 1. The molecule has 2 heterocycles. The summed E-state index contributed by atoms with van der Waals surface area (Å²) in [6.07, 6.45) is 3.27. The van der Waals surface area contributed by atoms with Crippen LogP contribution in [0.15, 0.2) is 23.8 Å². The Bertz CT molecular complexity index is 417. The van der Waals surface area contributed by atoms with Gasteiger partial charge >= 0.3 is 0 Å². The Morgan fingerprint density at radius 1 is 1.50 bits per heavy atom. The van der Waals surface area contributed by atoms with Crippen LogP contribution in [0.5, 0.6) is 0 Å². The Hall–Kier alpha value is -1.06. The third-order valence-electron chi connectivity index (χ3n) is 2.81. The summed E-state index contributed by atoms with van der Waals surface area (Å²) >= 11 is 5.91. The maximum absolute atomic E-state index is 9.11. The molecule has 4 heteroatoms. The topological polar surface area (TPSA) is 36.4 Å². The van der Waals surface area contributed by atoms with Gasteiger partial charge in [-0.15, -0.1) is 0 Å². The molecular weight excluding hydrogens is 224 g/mol. The first-order valence-electron chi connectivity index (χ1n) is 5.37. The Morgan fingerprint density at radius 2 is 2.31 bits per heavy atom. The second kappa shape index (κ2) is 4.85. The zero-order valence-corrected chi connectivity index (χ0v) is 10.0. The molecule has 0 amide bonds. The van der Waals surface area contributed by atoms with Crippen molar-refractivity contribution in [2.75, 3.05) is 18.0 Å². The standard InChI is InChI=1S/C12H15ClN2O/c1-9-4-6-15(7-5-9)12-3-2-10(13)11(8-16)14-12/h2-4,16H,5-8H2,1H3. The van der Waals surface area contributed by atoms with E-state index >= 15 is 0 Å². The van der Waals surface area contributed by atoms with Crippen molar-refractivity contribution in [3.63, 3.8) is 0 Å². The molecule has 0 bridgehead atoms. The fraction of sp³-hybridized carbons (Fsp3) is 0.417. The first-order chi connectivity index (χ1) is 7.70. The van der Waals surface area contributed by atoms with Crippen molar-refractivity contribution in [2.24, 2.45) is 0 Å². The quantitative estimate of drug-likeness (QED) is 0.804. The molecule has 0 aromatic carbocycles. The van der Waals surface area contributed by atoms with E-state index in [-0.39, 0.29) is 6.61 Å². The molecule has 1 N–H and O–H groups in total. The number of nitrogens with zero attached hydrogens (tertiary/aromatic N) is 2. The molecule has 16 heavy (non-hydrogen) atoms. The minimum absolute atomic E-state index is 0.116. The Balaban J connectivity index is 2.21. The van der Waals surface area contributed by atoms with E-state index in [2.05, 4.69) is 22.9 Å². The maximum Gasteiger partial charge on any atom is 0.129 e. The molecule has 0 aliphatic carbocycles. The number of aromatic nitrogens is 1. The van der Waals surface area contributed by atoms with Gasteiger partial charge in [0.2, 0.25) is 0 Å². The molecule has 1 aromatic heterocycles. The van der Waals surface area contributed by atoms with Crippen LogP contribution in [0.3, 0.4) is 0 Å². The van der Waals surface area contributed by atoms with E-state index in [4.69, 9.17) is 16.7 Å². The van der Waals surface area contributed by atoms with E-state index in [0.29, 0.717) is 10.7 Å². The summed E-state index contributed by atoms with van der Waals surface area (Å²) in [6, 6.07) is 3.69. The zero-order valence-electron chi connectivity index (χ0n) is 9.28. The van der Waals surface area contributed by atoms with Crippen LogP contribution in [0.1, 0.15) is 19.0 Å². The van der Waals surface area contributed by atoms with Gasteiger partial charge in [-0.25, -0.2) is 4.98 Å². The summed E-state index contributed by atoms with van der Waals surface area (Å²) in [5, 5.41) is 9.63.